The molecule has 0 aliphatic carbocycles. The number of likely N-dealkylation sites (N-methyl/N-ethyl adjacent to an activating group) is 1. The topological polar surface area (TPSA) is 100 Å². The molecule has 2 aromatic heterocycles. The van der Waals surface area contributed by atoms with Crippen LogP contribution in [0.25, 0.3) is 11.3 Å². The Morgan fingerprint density at radius 1 is 1.07 bits per heavy atom. The number of alkyl halides is 3. The van der Waals surface area contributed by atoms with Gasteiger partial charge in [-0.1, -0.05) is 0 Å². The van der Waals surface area contributed by atoms with Crippen LogP contribution in [0.3, 0.4) is 0 Å². The van der Waals surface area contributed by atoms with Crippen LogP contribution in [0.15, 0.2) is 34.6 Å². The van der Waals surface area contributed by atoms with E-state index in [-0.39, 0.29) is 45.6 Å². The molecule has 3 aromatic rings. The highest BCUT2D eigenvalue weighted by Crippen LogP contribution is 2.37. The van der Waals surface area contributed by atoms with Crippen molar-refractivity contribution < 1.29 is 31.9 Å². The first kappa shape index (κ1) is 31.6. The summed E-state index contributed by atoms with van der Waals surface area (Å²) in [5.74, 6) is -2.11. The number of aryl methyl sites for hydroxylation is 1. The number of pyridine rings is 1. The molecule has 1 N–H and O–H groups in total. The van der Waals surface area contributed by atoms with Gasteiger partial charge in [-0.05, 0) is 27.0 Å². The van der Waals surface area contributed by atoms with Gasteiger partial charge in [-0.2, -0.15) is 13.2 Å². The lowest BCUT2D eigenvalue weighted by Crippen LogP contribution is -2.55. The number of halogens is 4. The summed E-state index contributed by atoms with van der Waals surface area (Å²) in [7, 11) is 3.21. The summed E-state index contributed by atoms with van der Waals surface area (Å²) < 4.78 is 63.5. The number of anilines is 2. The molecule has 1 aromatic carbocycles. The van der Waals surface area contributed by atoms with Crippen molar-refractivity contribution in [3.63, 3.8) is 0 Å². The SMILES string of the molecule is C[C@@H]1CN(c2cc(F)c(-c3csc(C(=O)N4CCOCC4)n3)cc2NC(=O)c2cn(C)c(=O)cc2C(F)(F)F)C[C@H](C)N1C. The number of rotatable bonds is 5. The van der Waals surface area contributed by atoms with E-state index < -0.39 is 34.6 Å². The summed E-state index contributed by atoms with van der Waals surface area (Å²) in [5, 5.41) is 4.22. The Hall–Kier alpha value is -3.82. The maximum atomic E-state index is 15.8. The molecule has 0 saturated carbocycles. The van der Waals surface area contributed by atoms with Gasteiger partial charge < -0.3 is 24.4 Å². The second kappa shape index (κ2) is 12.3. The van der Waals surface area contributed by atoms with E-state index in [2.05, 4.69) is 15.2 Å². The fraction of sp³-hybridized carbons (Fsp3) is 0.448. The highest BCUT2D eigenvalue weighted by molar-refractivity contribution is 7.12. The predicted octanol–water partition coefficient (Wildman–Crippen LogP) is 3.92. The molecule has 5 rings (SSSR count). The number of hydrogen-bond donors (Lipinski definition) is 1. The highest BCUT2D eigenvalue weighted by Gasteiger charge is 2.37. The van der Waals surface area contributed by atoms with Gasteiger partial charge in [0.15, 0.2) is 5.01 Å². The monoisotopic (exact) mass is 636 g/mol. The number of ether oxygens (including phenoxy) is 1. The van der Waals surface area contributed by atoms with Crippen LogP contribution in [-0.2, 0) is 18.0 Å². The van der Waals surface area contributed by atoms with Gasteiger partial charge in [-0.25, -0.2) is 9.37 Å². The third kappa shape index (κ3) is 6.35. The van der Waals surface area contributed by atoms with Crippen LogP contribution in [0.4, 0.5) is 28.9 Å². The molecule has 2 fully saturated rings. The van der Waals surface area contributed by atoms with Crippen LogP contribution in [0.1, 0.15) is 39.6 Å². The molecule has 2 amide bonds. The summed E-state index contributed by atoms with van der Waals surface area (Å²) in [6, 6.07) is 3.03. The fourth-order valence-corrected chi connectivity index (χ4v) is 6.14. The third-order valence-corrected chi connectivity index (χ3v) is 8.90. The maximum absolute atomic E-state index is 15.8. The molecule has 44 heavy (non-hydrogen) atoms. The van der Waals surface area contributed by atoms with Crippen molar-refractivity contribution in [2.45, 2.75) is 32.1 Å². The van der Waals surface area contributed by atoms with E-state index in [1.54, 1.807) is 4.90 Å². The third-order valence-electron chi connectivity index (χ3n) is 8.07. The number of carbonyl (C=O) groups excluding carboxylic acids is 2. The Bertz CT molecular complexity index is 1620. The molecule has 2 saturated heterocycles. The molecule has 0 radical (unpaired) electrons. The number of nitrogens with zero attached hydrogens (tertiary/aromatic N) is 5. The fourth-order valence-electron chi connectivity index (χ4n) is 5.35. The van der Waals surface area contributed by atoms with Gasteiger partial charge >= 0.3 is 6.18 Å². The number of morpholine rings is 1. The van der Waals surface area contributed by atoms with Crippen LogP contribution in [0, 0.1) is 5.82 Å². The van der Waals surface area contributed by atoms with E-state index in [1.165, 1.54) is 24.6 Å². The van der Waals surface area contributed by atoms with Gasteiger partial charge in [-0.15, -0.1) is 11.3 Å². The van der Waals surface area contributed by atoms with Crippen molar-refractivity contribution in [3.8, 4) is 11.3 Å². The predicted molar refractivity (Wildman–Crippen MR) is 158 cm³/mol. The van der Waals surface area contributed by atoms with Crippen LogP contribution in [-0.4, -0.2) is 89.7 Å². The Kier molecular flexibility index (Phi) is 8.82. The molecular weight excluding hydrogens is 604 g/mol. The van der Waals surface area contributed by atoms with Gasteiger partial charge in [0.1, 0.15) is 5.82 Å². The summed E-state index contributed by atoms with van der Waals surface area (Å²) in [6.07, 6.45) is -4.14. The summed E-state index contributed by atoms with van der Waals surface area (Å²) in [5.41, 5.74) is -2.61. The normalized spacial score (nSPS) is 19.7. The molecule has 2 aliphatic heterocycles. The zero-order valence-electron chi connectivity index (χ0n) is 24.6. The van der Waals surface area contributed by atoms with E-state index in [0.29, 0.717) is 45.5 Å². The molecule has 236 valence electrons. The Balaban J connectivity index is 1.56. The lowest BCUT2D eigenvalue weighted by Gasteiger charge is -2.44. The Morgan fingerprint density at radius 2 is 1.73 bits per heavy atom. The average molecular weight is 637 g/mol. The molecule has 10 nitrogen and oxygen atoms in total. The molecule has 2 aliphatic rings. The van der Waals surface area contributed by atoms with Gasteiger partial charge in [-0.3, -0.25) is 19.3 Å². The van der Waals surface area contributed by atoms with E-state index in [9.17, 15) is 27.6 Å². The van der Waals surface area contributed by atoms with Crippen molar-refractivity contribution in [1.29, 1.82) is 0 Å². The molecule has 0 unspecified atom stereocenters. The van der Waals surface area contributed by atoms with Crippen LogP contribution in [0.5, 0.6) is 0 Å². The number of piperazine rings is 1. The molecular formula is C29H32F4N6O4S. The number of aromatic nitrogens is 2. The molecule has 4 heterocycles. The minimum Gasteiger partial charge on any atom is -0.378 e. The number of amides is 2. The zero-order valence-corrected chi connectivity index (χ0v) is 25.4. The van der Waals surface area contributed by atoms with Crippen molar-refractivity contribution in [2.24, 2.45) is 7.05 Å². The van der Waals surface area contributed by atoms with Gasteiger partial charge in [0.2, 0.25) is 0 Å². The molecule has 0 bridgehead atoms. The second-order valence-corrected chi connectivity index (χ2v) is 11.9. The molecule has 15 heteroatoms. The minimum absolute atomic E-state index is 0.0342. The first-order chi connectivity index (χ1) is 20.7. The van der Waals surface area contributed by atoms with E-state index >= 15 is 4.39 Å². The Labute approximate surface area is 254 Å². The first-order valence-electron chi connectivity index (χ1n) is 14.0. The maximum Gasteiger partial charge on any atom is 0.417 e. The molecule has 0 spiro atoms. The lowest BCUT2D eigenvalue weighted by atomic mass is 10.0. The quantitative estimate of drug-likeness (QED) is 0.424. The van der Waals surface area contributed by atoms with E-state index in [1.807, 2.05) is 25.8 Å². The van der Waals surface area contributed by atoms with Gasteiger partial charge in [0.25, 0.3) is 17.4 Å². The van der Waals surface area contributed by atoms with E-state index in [0.717, 1.165) is 22.1 Å². The van der Waals surface area contributed by atoms with Crippen LogP contribution < -0.4 is 15.8 Å². The van der Waals surface area contributed by atoms with Crippen molar-refractivity contribution in [1.82, 2.24) is 19.4 Å². The number of hydrogen-bond acceptors (Lipinski definition) is 8. The summed E-state index contributed by atoms with van der Waals surface area (Å²) in [4.78, 5) is 48.4. The van der Waals surface area contributed by atoms with Gasteiger partial charge in [0, 0.05) is 74.6 Å². The van der Waals surface area contributed by atoms with Crippen LogP contribution in [0.2, 0.25) is 0 Å². The number of carbonyl (C=O) groups is 2. The standard InChI is InChI=1S/C29H32F4N6O4S/c1-16-12-39(13-17(2)37(16)4)24-11-21(30)18(23-15-44-27(35-23)28(42)38-5-7-43-8-6-38)9-22(24)34-26(41)19-14-36(3)25(40)10-20(19)29(31,32)33/h9-11,14-17H,5-8,12-13H2,1-4H3,(H,34,41)/t16-,17+. The average Bonchev–Trinajstić information content (AvgIpc) is 3.47. The number of benzene rings is 1. The highest BCUT2D eigenvalue weighted by atomic mass is 32.1. The molecule has 2 atom stereocenters. The Morgan fingerprint density at radius 3 is 2.36 bits per heavy atom. The van der Waals surface area contributed by atoms with Crippen LogP contribution >= 0.6 is 11.3 Å². The van der Waals surface area contributed by atoms with Crippen molar-refractivity contribution in [3.05, 3.63) is 62.1 Å². The van der Waals surface area contributed by atoms with E-state index in [4.69, 9.17) is 4.74 Å². The first-order valence-corrected chi connectivity index (χ1v) is 14.8. The largest absolute Gasteiger partial charge is 0.417 e. The number of thiazole rings is 1. The second-order valence-electron chi connectivity index (χ2n) is 11.1. The minimum atomic E-state index is -4.97. The van der Waals surface area contributed by atoms with Crippen molar-refractivity contribution in [2.75, 3.05) is 56.7 Å². The summed E-state index contributed by atoms with van der Waals surface area (Å²) >= 11 is 1.04. The van der Waals surface area contributed by atoms with Gasteiger partial charge in [0.05, 0.1) is 41.4 Å². The smallest absolute Gasteiger partial charge is 0.378 e. The van der Waals surface area contributed by atoms with Crippen molar-refractivity contribution >= 4 is 34.5 Å². The zero-order chi connectivity index (χ0) is 31.9. The lowest BCUT2D eigenvalue weighted by molar-refractivity contribution is -0.138. The summed E-state index contributed by atoms with van der Waals surface area (Å²) in [6.45, 7) is 6.52. The number of nitrogens with one attached hydrogen (secondary N) is 1.